The van der Waals surface area contributed by atoms with Gasteiger partial charge in [0.1, 0.15) is 6.61 Å². The minimum Gasteiger partial charge on any atom is -0.487 e. The summed E-state index contributed by atoms with van der Waals surface area (Å²) >= 11 is 6.17. The number of para-hydroxylation sites is 1. The second kappa shape index (κ2) is 9.71. The van der Waals surface area contributed by atoms with E-state index < -0.39 is 0 Å². The zero-order valence-corrected chi connectivity index (χ0v) is 14.6. The summed E-state index contributed by atoms with van der Waals surface area (Å²) in [4.78, 5) is 12.2. The minimum absolute atomic E-state index is 0.0786. The van der Waals surface area contributed by atoms with Crippen molar-refractivity contribution in [1.82, 2.24) is 5.32 Å². The molecule has 3 N–H and O–H groups in total. The molecule has 0 unspecified atom stereocenters. The number of halogens is 1. The van der Waals surface area contributed by atoms with Gasteiger partial charge in [0, 0.05) is 12.6 Å². The molecule has 0 atom stereocenters. The fourth-order valence-corrected chi connectivity index (χ4v) is 2.89. The van der Waals surface area contributed by atoms with E-state index in [1.54, 1.807) is 18.2 Å². The van der Waals surface area contributed by atoms with Gasteiger partial charge in [-0.2, -0.15) is 0 Å². The van der Waals surface area contributed by atoms with Crippen molar-refractivity contribution in [3.05, 3.63) is 23.2 Å². The third-order valence-corrected chi connectivity index (χ3v) is 4.22. The van der Waals surface area contributed by atoms with Crippen molar-refractivity contribution in [2.24, 2.45) is 0 Å². The maximum atomic E-state index is 12.2. The standard InChI is InChI=1S/C17H25ClN2O4/c1-2-23-10-11-24-16-14(18)4-3-5-15(16)20-17(22)19-12-6-8-13(21)9-7-12/h3-5,12-13,21H,2,6-11H2,1H3,(H2,19,20,22). The predicted molar refractivity (Wildman–Crippen MR) is 93.9 cm³/mol. The Balaban J connectivity index is 1.90. The number of aliphatic hydroxyl groups is 1. The minimum atomic E-state index is -0.298. The summed E-state index contributed by atoms with van der Waals surface area (Å²) < 4.78 is 10.9. The molecule has 1 aliphatic carbocycles. The zero-order valence-electron chi connectivity index (χ0n) is 13.9. The first-order valence-corrected chi connectivity index (χ1v) is 8.72. The molecule has 6 nitrogen and oxygen atoms in total. The number of amides is 2. The van der Waals surface area contributed by atoms with Crippen LogP contribution in [0.3, 0.4) is 0 Å². The number of nitrogens with one attached hydrogen (secondary N) is 2. The van der Waals surface area contributed by atoms with Gasteiger partial charge in [-0.1, -0.05) is 17.7 Å². The third kappa shape index (κ3) is 5.85. The first-order valence-electron chi connectivity index (χ1n) is 8.34. The molecule has 0 spiro atoms. The Labute approximate surface area is 147 Å². The second-order valence-corrected chi connectivity index (χ2v) is 6.17. The van der Waals surface area contributed by atoms with Crippen LogP contribution in [0.5, 0.6) is 5.75 Å². The number of hydrogen-bond acceptors (Lipinski definition) is 4. The van der Waals surface area contributed by atoms with Crippen LogP contribution in [-0.2, 0) is 4.74 Å². The van der Waals surface area contributed by atoms with Crippen LogP contribution in [-0.4, -0.2) is 43.1 Å². The summed E-state index contributed by atoms with van der Waals surface area (Å²) in [7, 11) is 0. The van der Waals surface area contributed by atoms with Gasteiger partial charge in [0.2, 0.25) is 0 Å². The van der Waals surface area contributed by atoms with Gasteiger partial charge in [-0.05, 0) is 44.7 Å². The Morgan fingerprint density at radius 3 is 2.75 bits per heavy atom. The maximum Gasteiger partial charge on any atom is 0.319 e. The molecule has 2 rings (SSSR count). The topological polar surface area (TPSA) is 79.8 Å². The van der Waals surface area contributed by atoms with Gasteiger partial charge in [-0.15, -0.1) is 0 Å². The lowest BCUT2D eigenvalue weighted by molar-refractivity contribution is 0.110. The lowest BCUT2D eigenvalue weighted by Crippen LogP contribution is -2.40. The van der Waals surface area contributed by atoms with Crippen molar-refractivity contribution in [2.75, 3.05) is 25.1 Å². The summed E-state index contributed by atoms with van der Waals surface area (Å²) in [6, 6.07) is 4.99. The van der Waals surface area contributed by atoms with Crippen LogP contribution in [0.25, 0.3) is 0 Å². The van der Waals surface area contributed by atoms with E-state index in [4.69, 9.17) is 21.1 Å². The average molecular weight is 357 g/mol. The smallest absolute Gasteiger partial charge is 0.319 e. The fourth-order valence-electron chi connectivity index (χ4n) is 2.66. The molecule has 0 saturated heterocycles. The number of ether oxygens (including phenoxy) is 2. The molecule has 1 saturated carbocycles. The molecule has 0 bridgehead atoms. The molecular formula is C17H25ClN2O4. The SMILES string of the molecule is CCOCCOc1c(Cl)cccc1NC(=O)NC1CCC(O)CC1. The maximum absolute atomic E-state index is 12.2. The van der Waals surface area contributed by atoms with E-state index in [0.29, 0.717) is 49.1 Å². The highest BCUT2D eigenvalue weighted by atomic mass is 35.5. The summed E-state index contributed by atoms with van der Waals surface area (Å²) in [5.74, 6) is 0.438. The Hall–Kier alpha value is -1.50. The van der Waals surface area contributed by atoms with Crippen molar-refractivity contribution in [1.29, 1.82) is 0 Å². The number of carbonyl (C=O) groups is 1. The van der Waals surface area contributed by atoms with Gasteiger partial charge in [-0.25, -0.2) is 4.79 Å². The molecule has 1 aliphatic rings. The van der Waals surface area contributed by atoms with E-state index in [0.717, 1.165) is 12.8 Å². The van der Waals surface area contributed by atoms with Gasteiger partial charge in [0.25, 0.3) is 0 Å². The fraction of sp³-hybridized carbons (Fsp3) is 0.588. The largest absolute Gasteiger partial charge is 0.487 e. The van der Waals surface area contributed by atoms with Crippen LogP contribution in [0.4, 0.5) is 10.5 Å². The molecule has 0 aliphatic heterocycles. The summed E-state index contributed by atoms with van der Waals surface area (Å²) in [6.45, 7) is 3.35. The van der Waals surface area contributed by atoms with Crippen molar-refractivity contribution in [3.8, 4) is 5.75 Å². The summed E-state index contributed by atoms with van der Waals surface area (Å²) in [5.41, 5.74) is 0.521. The highest BCUT2D eigenvalue weighted by Gasteiger charge is 2.21. The lowest BCUT2D eigenvalue weighted by atomic mass is 9.93. The van der Waals surface area contributed by atoms with Gasteiger partial charge in [-0.3, -0.25) is 0 Å². The Morgan fingerprint density at radius 1 is 1.29 bits per heavy atom. The summed E-state index contributed by atoms with van der Waals surface area (Å²) in [5, 5.41) is 15.7. The van der Waals surface area contributed by atoms with Crippen LogP contribution in [0, 0.1) is 0 Å². The Bertz CT molecular complexity index is 533. The van der Waals surface area contributed by atoms with Crippen molar-refractivity contribution in [3.63, 3.8) is 0 Å². The number of aliphatic hydroxyl groups excluding tert-OH is 1. The van der Waals surface area contributed by atoms with Gasteiger partial charge >= 0.3 is 6.03 Å². The lowest BCUT2D eigenvalue weighted by Gasteiger charge is -2.26. The van der Waals surface area contributed by atoms with Gasteiger partial charge < -0.3 is 25.2 Å². The molecule has 1 aromatic carbocycles. The molecule has 134 valence electrons. The number of hydrogen-bond donors (Lipinski definition) is 3. The van der Waals surface area contributed by atoms with Crippen LogP contribution < -0.4 is 15.4 Å². The van der Waals surface area contributed by atoms with E-state index >= 15 is 0 Å². The van der Waals surface area contributed by atoms with Gasteiger partial charge in [0.15, 0.2) is 5.75 Å². The van der Waals surface area contributed by atoms with Crippen LogP contribution in [0.15, 0.2) is 18.2 Å². The normalized spacial score (nSPS) is 20.5. The van der Waals surface area contributed by atoms with Gasteiger partial charge in [0.05, 0.1) is 23.4 Å². The summed E-state index contributed by atoms with van der Waals surface area (Å²) in [6.07, 6.45) is 2.75. The predicted octanol–water partition coefficient (Wildman–Crippen LogP) is 3.18. The van der Waals surface area contributed by atoms with Crippen molar-refractivity contribution in [2.45, 2.75) is 44.8 Å². The first-order chi connectivity index (χ1) is 11.6. The molecule has 0 aromatic heterocycles. The zero-order chi connectivity index (χ0) is 17.4. The van der Waals surface area contributed by atoms with Crippen LogP contribution >= 0.6 is 11.6 Å². The Morgan fingerprint density at radius 2 is 2.04 bits per heavy atom. The highest BCUT2D eigenvalue weighted by molar-refractivity contribution is 6.32. The first kappa shape index (κ1) is 18.8. The third-order valence-electron chi connectivity index (χ3n) is 3.93. The van der Waals surface area contributed by atoms with E-state index in [1.165, 1.54) is 0 Å². The molecule has 0 radical (unpaired) electrons. The average Bonchev–Trinajstić information content (AvgIpc) is 2.56. The molecule has 0 heterocycles. The van der Waals surface area contributed by atoms with Crippen molar-refractivity contribution >= 4 is 23.3 Å². The van der Waals surface area contributed by atoms with E-state index in [9.17, 15) is 9.90 Å². The second-order valence-electron chi connectivity index (χ2n) is 5.77. The van der Waals surface area contributed by atoms with Crippen LogP contribution in [0.2, 0.25) is 5.02 Å². The quantitative estimate of drug-likeness (QED) is 0.655. The number of anilines is 1. The van der Waals surface area contributed by atoms with Crippen LogP contribution in [0.1, 0.15) is 32.6 Å². The monoisotopic (exact) mass is 356 g/mol. The van der Waals surface area contributed by atoms with Crippen molar-refractivity contribution < 1.29 is 19.4 Å². The number of carbonyl (C=O) groups excluding carboxylic acids is 1. The number of rotatable bonds is 7. The highest BCUT2D eigenvalue weighted by Crippen LogP contribution is 2.33. The van der Waals surface area contributed by atoms with E-state index in [1.807, 2.05) is 6.92 Å². The molecule has 1 fully saturated rings. The van der Waals surface area contributed by atoms with E-state index in [-0.39, 0.29) is 18.2 Å². The Kier molecular flexibility index (Phi) is 7.62. The molecule has 2 amide bonds. The van der Waals surface area contributed by atoms with E-state index in [2.05, 4.69) is 10.6 Å². The number of urea groups is 1. The molecule has 7 heteroatoms. The number of benzene rings is 1. The molecule has 24 heavy (non-hydrogen) atoms. The molecular weight excluding hydrogens is 332 g/mol. The molecule has 1 aromatic rings.